The lowest BCUT2D eigenvalue weighted by Gasteiger charge is -1.98. The van der Waals surface area contributed by atoms with Crippen molar-refractivity contribution in [3.63, 3.8) is 0 Å². The number of rotatable bonds is 4. The van der Waals surface area contributed by atoms with Crippen molar-refractivity contribution in [1.29, 1.82) is 0 Å². The largest absolute Gasteiger partial charge is 0.324 e. The van der Waals surface area contributed by atoms with Gasteiger partial charge in [0.15, 0.2) is 0 Å². The van der Waals surface area contributed by atoms with E-state index in [1.807, 2.05) is 0 Å². The van der Waals surface area contributed by atoms with E-state index in [-0.39, 0.29) is 10.6 Å². The maximum Gasteiger partial charge on any atom is 0.324 e. The van der Waals surface area contributed by atoms with Gasteiger partial charge >= 0.3 is 5.00 Å². The van der Waals surface area contributed by atoms with Crippen molar-refractivity contribution in [3.05, 3.63) is 62.8 Å². The zero-order valence-corrected chi connectivity index (χ0v) is 10.8. The molecule has 2 rings (SSSR count). The molecule has 0 spiro atoms. The number of hydrogen-bond donors (Lipinski definition) is 1. The lowest BCUT2D eigenvalue weighted by Crippen LogP contribution is -2.17. The summed E-state index contributed by atoms with van der Waals surface area (Å²) in [6.07, 6.45) is 1.29. The Hall–Kier alpha value is -2.61. The second kappa shape index (κ2) is 6.02. The van der Waals surface area contributed by atoms with Gasteiger partial charge in [-0.1, -0.05) is 17.4 Å². The predicted molar refractivity (Wildman–Crippen MR) is 72.4 cm³/mol. The summed E-state index contributed by atoms with van der Waals surface area (Å²) in [5.74, 6) is -1.08. The predicted octanol–water partition coefficient (Wildman–Crippen LogP) is 2.56. The van der Waals surface area contributed by atoms with Gasteiger partial charge in [-0.3, -0.25) is 14.9 Å². The molecule has 1 amide bonds. The molecule has 20 heavy (non-hydrogen) atoms. The van der Waals surface area contributed by atoms with Gasteiger partial charge in [-0.25, -0.2) is 9.82 Å². The van der Waals surface area contributed by atoms with Crippen LogP contribution in [0.1, 0.15) is 15.2 Å². The van der Waals surface area contributed by atoms with Crippen LogP contribution >= 0.6 is 11.3 Å². The molecule has 0 bridgehead atoms. The molecule has 0 aliphatic carbocycles. The second-order valence-electron chi connectivity index (χ2n) is 3.64. The van der Waals surface area contributed by atoms with Gasteiger partial charge in [-0.05, 0) is 24.3 Å². The highest BCUT2D eigenvalue weighted by Crippen LogP contribution is 2.22. The highest BCUT2D eigenvalue weighted by Gasteiger charge is 2.08. The number of halogens is 1. The average Bonchev–Trinajstić information content (AvgIpc) is 2.87. The molecular formula is C12H8FN3O3S. The maximum atomic E-state index is 12.9. The SMILES string of the molecule is O=C(NN=Cc1ccc([N+](=O)[O-])s1)c1cccc(F)c1. The van der Waals surface area contributed by atoms with Crippen LogP contribution < -0.4 is 5.43 Å². The number of thiophene rings is 1. The molecule has 1 aromatic carbocycles. The Labute approximate surface area is 116 Å². The molecule has 0 saturated carbocycles. The number of benzene rings is 1. The first-order valence-corrected chi connectivity index (χ1v) is 6.21. The molecule has 0 atom stereocenters. The molecule has 0 unspecified atom stereocenters. The molecule has 1 aromatic heterocycles. The van der Waals surface area contributed by atoms with Gasteiger partial charge in [0.1, 0.15) is 5.82 Å². The smallest absolute Gasteiger partial charge is 0.267 e. The molecule has 0 radical (unpaired) electrons. The van der Waals surface area contributed by atoms with Crippen LogP contribution in [0.15, 0.2) is 41.5 Å². The lowest BCUT2D eigenvalue weighted by atomic mass is 10.2. The van der Waals surface area contributed by atoms with Gasteiger partial charge in [0, 0.05) is 11.6 Å². The van der Waals surface area contributed by atoms with E-state index in [2.05, 4.69) is 10.5 Å². The van der Waals surface area contributed by atoms with Gasteiger partial charge in [-0.2, -0.15) is 5.10 Å². The number of hydrogen-bond acceptors (Lipinski definition) is 5. The van der Waals surface area contributed by atoms with Crippen molar-refractivity contribution in [1.82, 2.24) is 5.43 Å². The summed E-state index contributed by atoms with van der Waals surface area (Å²) in [6.45, 7) is 0. The summed E-state index contributed by atoms with van der Waals surface area (Å²) in [5.41, 5.74) is 2.35. The van der Waals surface area contributed by atoms with Crippen LogP contribution in [0, 0.1) is 15.9 Å². The van der Waals surface area contributed by atoms with Gasteiger partial charge < -0.3 is 0 Å². The van der Waals surface area contributed by atoms with E-state index in [0.717, 1.165) is 17.4 Å². The fourth-order valence-corrected chi connectivity index (χ4v) is 2.05. The van der Waals surface area contributed by atoms with Gasteiger partial charge in [-0.15, -0.1) is 0 Å². The molecule has 1 heterocycles. The summed E-state index contributed by atoms with van der Waals surface area (Å²) in [5, 5.41) is 14.1. The van der Waals surface area contributed by atoms with Crippen LogP contribution in [-0.4, -0.2) is 17.0 Å². The van der Waals surface area contributed by atoms with Crippen molar-refractivity contribution >= 4 is 28.5 Å². The summed E-state index contributed by atoms with van der Waals surface area (Å²) in [7, 11) is 0. The Bertz CT molecular complexity index is 684. The van der Waals surface area contributed by atoms with Crippen LogP contribution in [-0.2, 0) is 0 Å². The number of carbonyl (C=O) groups is 1. The molecule has 6 nitrogen and oxygen atoms in total. The Kier molecular flexibility index (Phi) is 4.16. The Morgan fingerprint density at radius 2 is 2.20 bits per heavy atom. The van der Waals surface area contributed by atoms with Crippen molar-refractivity contribution in [2.24, 2.45) is 5.10 Å². The maximum absolute atomic E-state index is 12.9. The van der Waals surface area contributed by atoms with Gasteiger partial charge in [0.2, 0.25) is 0 Å². The molecule has 0 aliphatic heterocycles. The summed E-state index contributed by atoms with van der Waals surface area (Å²) >= 11 is 0.931. The number of nitrogens with zero attached hydrogens (tertiary/aromatic N) is 2. The minimum atomic E-state index is -0.563. The number of hydrazone groups is 1. The Morgan fingerprint density at radius 3 is 2.85 bits per heavy atom. The van der Waals surface area contributed by atoms with Crippen LogP contribution in [0.25, 0.3) is 0 Å². The first-order chi connectivity index (χ1) is 9.56. The fraction of sp³-hybridized carbons (Fsp3) is 0. The molecule has 0 fully saturated rings. The van der Waals surface area contributed by atoms with Crippen molar-refractivity contribution < 1.29 is 14.1 Å². The van der Waals surface area contributed by atoms with E-state index >= 15 is 0 Å². The Morgan fingerprint density at radius 1 is 1.40 bits per heavy atom. The second-order valence-corrected chi connectivity index (χ2v) is 4.74. The lowest BCUT2D eigenvalue weighted by molar-refractivity contribution is -0.380. The van der Waals surface area contributed by atoms with Gasteiger partial charge in [0.25, 0.3) is 5.91 Å². The van der Waals surface area contributed by atoms with E-state index in [1.165, 1.54) is 36.5 Å². The highest BCUT2D eigenvalue weighted by molar-refractivity contribution is 7.16. The van der Waals surface area contributed by atoms with E-state index in [9.17, 15) is 19.3 Å². The normalized spacial score (nSPS) is 10.7. The van der Waals surface area contributed by atoms with Crippen molar-refractivity contribution in [2.45, 2.75) is 0 Å². The highest BCUT2D eigenvalue weighted by atomic mass is 32.1. The van der Waals surface area contributed by atoms with E-state index < -0.39 is 16.6 Å². The first kappa shape index (κ1) is 13.8. The molecule has 102 valence electrons. The Balaban J connectivity index is 1.99. The van der Waals surface area contributed by atoms with Crippen molar-refractivity contribution in [3.8, 4) is 0 Å². The third-order valence-electron chi connectivity index (χ3n) is 2.24. The van der Waals surface area contributed by atoms with Crippen LogP contribution in [0.2, 0.25) is 0 Å². The monoisotopic (exact) mass is 293 g/mol. The average molecular weight is 293 g/mol. The minimum absolute atomic E-state index is 0.0112. The fourth-order valence-electron chi connectivity index (χ4n) is 1.36. The molecule has 0 aliphatic rings. The number of carbonyl (C=O) groups excluding carboxylic acids is 1. The van der Waals surface area contributed by atoms with E-state index in [0.29, 0.717) is 4.88 Å². The quantitative estimate of drug-likeness (QED) is 0.534. The third kappa shape index (κ3) is 3.45. The van der Waals surface area contributed by atoms with Crippen molar-refractivity contribution in [2.75, 3.05) is 0 Å². The molecular weight excluding hydrogens is 285 g/mol. The summed E-state index contributed by atoms with van der Waals surface area (Å²) < 4.78 is 12.9. The summed E-state index contributed by atoms with van der Waals surface area (Å²) in [4.78, 5) is 22.1. The summed E-state index contributed by atoms with van der Waals surface area (Å²) in [6, 6.07) is 8.03. The standard InChI is InChI=1S/C12H8FN3O3S/c13-9-3-1-2-8(6-9)12(17)15-14-7-10-4-5-11(20-10)16(18)19/h1-7H,(H,15,17). The first-order valence-electron chi connectivity index (χ1n) is 5.39. The minimum Gasteiger partial charge on any atom is -0.267 e. The molecule has 8 heteroatoms. The van der Waals surface area contributed by atoms with Crippen LogP contribution in [0.3, 0.4) is 0 Å². The number of nitro groups is 1. The number of amides is 1. The zero-order chi connectivity index (χ0) is 14.5. The van der Waals surface area contributed by atoms with E-state index in [4.69, 9.17) is 0 Å². The molecule has 1 N–H and O–H groups in total. The molecule has 0 saturated heterocycles. The zero-order valence-electron chi connectivity index (χ0n) is 9.95. The number of nitrogens with one attached hydrogen (secondary N) is 1. The molecule has 2 aromatic rings. The van der Waals surface area contributed by atoms with Crippen LogP contribution in [0.4, 0.5) is 9.39 Å². The van der Waals surface area contributed by atoms with Gasteiger partial charge in [0.05, 0.1) is 16.0 Å². The van der Waals surface area contributed by atoms with E-state index in [1.54, 1.807) is 0 Å². The topological polar surface area (TPSA) is 84.6 Å². The third-order valence-corrected chi connectivity index (χ3v) is 3.21. The van der Waals surface area contributed by atoms with Crippen LogP contribution in [0.5, 0.6) is 0 Å².